The molecule has 0 bridgehead atoms. The summed E-state index contributed by atoms with van der Waals surface area (Å²) in [5.41, 5.74) is 21.8. The molecule has 12 rings (SSSR count). The SMILES string of the molecule is CCCC1=C(c2ccccc2C)C2(c3cc(N(c4ccccc4)c4cccc5ccccc45)ccc31)c1ccccc1-c1ccc(N(c3ccccc3)c3ccc(-c4ccccc4)cc3)cc12. The van der Waals surface area contributed by atoms with Crippen LogP contribution in [-0.4, -0.2) is 0 Å². The molecule has 0 aliphatic heterocycles. The fraction of sp³-hybridized carbons (Fsp3) is 0.0769. The van der Waals surface area contributed by atoms with E-state index in [1.54, 1.807) is 0 Å². The average molecular weight is 859 g/mol. The highest BCUT2D eigenvalue weighted by molar-refractivity contribution is 6.11. The Kier molecular flexibility index (Phi) is 10.0. The summed E-state index contributed by atoms with van der Waals surface area (Å²) in [6.45, 7) is 4.62. The van der Waals surface area contributed by atoms with Crippen LogP contribution in [0.5, 0.6) is 0 Å². The molecule has 2 aliphatic carbocycles. The molecule has 67 heavy (non-hydrogen) atoms. The van der Waals surface area contributed by atoms with E-state index in [0.29, 0.717) is 0 Å². The molecule has 1 atom stereocenters. The van der Waals surface area contributed by atoms with Crippen molar-refractivity contribution in [2.45, 2.75) is 32.1 Å². The number of para-hydroxylation sites is 2. The number of fused-ring (bicyclic) bond motifs is 8. The number of aryl methyl sites for hydroxylation is 1. The van der Waals surface area contributed by atoms with Crippen LogP contribution in [0.4, 0.5) is 34.1 Å². The molecule has 1 unspecified atom stereocenters. The number of benzene rings is 10. The number of rotatable bonds is 10. The lowest BCUT2D eigenvalue weighted by Gasteiger charge is -2.36. The van der Waals surface area contributed by atoms with E-state index in [0.717, 1.165) is 47.0 Å². The molecule has 0 saturated carbocycles. The quantitative estimate of drug-likeness (QED) is 0.135. The molecule has 10 aromatic rings. The number of anilines is 6. The first-order chi connectivity index (χ1) is 33.1. The Balaban J connectivity index is 1.14. The van der Waals surface area contributed by atoms with Crippen LogP contribution < -0.4 is 9.80 Å². The molecule has 2 aliphatic rings. The Morgan fingerprint density at radius 2 is 0.881 bits per heavy atom. The topological polar surface area (TPSA) is 6.48 Å². The standard InChI is InChI=1S/C65H50N2/c1-3-20-59-58-42-40-53(67(50-28-11-6-12-29-50)63-34-19-25-48-24-14-16-31-55(48)63)44-62(58)65(64(59)54-30-15-13-21-45(54)2)60-33-18-17-32-56(60)57-41-39-52(43-61(57)65)66(49-26-9-5-10-27-49)51-37-35-47(36-38-51)46-22-7-4-8-23-46/h4-19,21-44H,3,20H2,1-2H3. The Labute approximate surface area is 394 Å². The third-order valence-electron chi connectivity index (χ3n) is 14.1. The molecule has 0 radical (unpaired) electrons. The predicted octanol–water partition coefficient (Wildman–Crippen LogP) is 17.8. The van der Waals surface area contributed by atoms with E-state index in [9.17, 15) is 0 Å². The van der Waals surface area contributed by atoms with Crippen LogP contribution in [0.1, 0.15) is 53.1 Å². The molecule has 0 saturated heterocycles. The van der Waals surface area contributed by atoms with E-state index in [2.05, 4.69) is 266 Å². The van der Waals surface area contributed by atoms with E-state index >= 15 is 0 Å². The van der Waals surface area contributed by atoms with Crippen LogP contribution in [0.15, 0.2) is 243 Å². The van der Waals surface area contributed by atoms with E-state index in [1.807, 2.05) is 0 Å². The van der Waals surface area contributed by atoms with Crippen LogP contribution in [0.25, 0.3) is 44.2 Å². The van der Waals surface area contributed by atoms with E-state index in [1.165, 1.54) is 77.6 Å². The molecule has 1 spiro atoms. The van der Waals surface area contributed by atoms with Crippen LogP contribution in [0.3, 0.4) is 0 Å². The lowest BCUT2D eigenvalue weighted by atomic mass is 9.67. The third-order valence-corrected chi connectivity index (χ3v) is 14.1. The van der Waals surface area contributed by atoms with Gasteiger partial charge in [-0.1, -0.05) is 189 Å². The second kappa shape index (κ2) is 16.7. The van der Waals surface area contributed by atoms with Gasteiger partial charge in [-0.05, 0) is 152 Å². The van der Waals surface area contributed by atoms with Gasteiger partial charge in [0.15, 0.2) is 0 Å². The molecule has 0 fully saturated rings. The Morgan fingerprint density at radius 1 is 0.373 bits per heavy atom. The monoisotopic (exact) mass is 858 g/mol. The average Bonchev–Trinajstić information content (AvgIpc) is 3.84. The van der Waals surface area contributed by atoms with Crippen molar-refractivity contribution in [3.05, 3.63) is 276 Å². The molecule has 0 amide bonds. The van der Waals surface area contributed by atoms with Gasteiger partial charge in [-0.3, -0.25) is 0 Å². The maximum Gasteiger partial charge on any atom is 0.0729 e. The molecule has 320 valence electrons. The molecular weight excluding hydrogens is 809 g/mol. The van der Waals surface area contributed by atoms with Gasteiger partial charge in [-0.2, -0.15) is 0 Å². The van der Waals surface area contributed by atoms with Crippen molar-refractivity contribution in [1.29, 1.82) is 0 Å². The van der Waals surface area contributed by atoms with Crippen LogP contribution in [0, 0.1) is 6.92 Å². The summed E-state index contributed by atoms with van der Waals surface area (Å²) in [4.78, 5) is 4.90. The summed E-state index contributed by atoms with van der Waals surface area (Å²) >= 11 is 0. The van der Waals surface area contributed by atoms with Gasteiger partial charge in [-0.15, -0.1) is 0 Å². The van der Waals surface area contributed by atoms with Gasteiger partial charge in [0, 0.05) is 33.8 Å². The van der Waals surface area contributed by atoms with Crippen molar-refractivity contribution in [1.82, 2.24) is 0 Å². The number of nitrogens with zero attached hydrogens (tertiary/aromatic N) is 2. The van der Waals surface area contributed by atoms with Crippen LogP contribution in [-0.2, 0) is 5.41 Å². The van der Waals surface area contributed by atoms with Gasteiger partial charge in [0.05, 0.1) is 11.1 Å². The van der Waals surface area contributed by atoms with Gasteiger partial charge in [0.25, 0.3) is 0 Å². The fourth-order valence-electron chi connectivity index (χ4n) is 11.3. The largest absolute Gasteiger partial charge is 0.310 e. The lowest BCUT2D eigenvalue weighted by Crippen LogP contribution is -2.28. The third kappa shape index (κ3) is 6.55. The molecule has 0 heterocycles. The zero-order valence-electron chi connectivity index (χ0n) is 37.9. The Hall–Kier alpha value is -8.20. The molecule has 2 heteroatoms. The van der Waals surface area contributed by atoms with Crippen molar-refractivity contribution < 1.29 is 0 Å². The first kappa shape index (κ1) is 40.3. The predicted molar refractivity (Wildman–Crippen MR) is 283 cm³/mol. The van der Waals surface area contributed by atoms with Crippen LogP contribution >= 0.6 is 0 Å². The van der Waals surface area contributed by atoms with Gasteiger partial charge < -0.3 is 9.80 Å². The van der Waals surface area contributed by atoms with E-state index < -0.39 is 5.41 Å². The molecule has 10 aromatic carbocycles. The van der Waals surface area contributed by atoms with Gasteiger partial charge >= 0.3 is 0 Å². The minimum absolute atomic E-state index is 0.621. The maximum absolute atomic E-state index is 2.54. The zero-order valence-corrected chi connectivity index (χ0v) is 37.9. The first-order valence-electron chi connectivity index (χ1n) is 23.7. The minimum atomic E-state index is -0.621. The van der Waals surface area contributed by atoms with Crippen molar-refractivity contribution in [3.8, 4) is 22.3 Å². The Bertz CT molecular complexity index is 3470. The van der Waals surface area contributed by atoms with Crippen molar-refractivity contribution in [2.75, 3.05) is 9.80 Å². The van der Waals surface area contributed by atoms with E-state index in [4.69, 9.17) is 0 Å². The maximum atomic E-state index is 2.54. The van der Waals surface area contributed by atoms with Crippen molar-refractivity contribution in [3.63, 3.8) is 0 Å². The number of allylic oxidation sites excluding steroid dienone is 2. The summed E-state index contributed by atoms with van der Waals surface area (Å²) in [7, 11) is 0. The first-order valence-corrected chi connectivity index (χ1v) is 23.7. The summed E-state index contributed by atoms with van der Waals surface area (Å²) in [6.07, 6.45) is 1.99. The molecule has 2 nitrogen and oxygen atoms in total. The zero-order chi connectivity index (χ0) is 44.9. The van der Waals surface area contributed by atoms with Gasteiger partial charge in [-0.25, -0.2) is 0 Å². The van der Waals surface area contributed by atoms with Crippen LogP contribution in [0.2, 0.25) is 0 Å². The summed E-state index contributed by atoms with van der Waals surface area (Å²) in [6, 6.07) is 89.8. The molecule has 0 aromatic heterocycles. The molecular formula is C65H50N2. The Morgan fingerprint density at radius 3 is 1.60 bits per heavy atom. The summed E-state index contributed by atoms with van der Waals surface area (Å²) in [5.74, 6) is 0. The second-order valence-corrected chi connectivity index (χ2v) is 17.9. The van der Waals surface area contributed by atoms with Crippen molar-refractivity contribution >= 4 is 56.0 Å². The minimum Gasteiger partial charge on any atom is -0.310 e. The number of hydrogen-bond donors (Lipinski definition) is 0. The van der Waals surface area contributed by atoms with Gasteiger partial charge in [0.2, 0.25) is 0 Å². The summed E-state index contributed by atoms with van der Waals surface area (Å²) in [5, 5.41) is 2.43. The highest BCUT2D eigenvalue weighted by Gasteiger charge is 2.54. The van der Waals surface area contributed by atoms with Crippen molar-refractivity contribution in [2.24, 2.45) is 0 Å². The highest BCUT2D eigenvalue weighted by Crippen LogP contribution is 2.66. The number of hydrogen-bond acceptors (Lipinski definition) is 2. The fourth-order valence-corrected chi connectivity index (χ4v) is 11.3. The lowest BCUT2D eigenvalue weighted by molar-refractivity contribution is 0.839. The normalized spacial score (nSPS) is 14.5. The summed E-state index contributed by atoms with van der Waals surface area (Å²) < 4.78 is 0. The van der Waals surface area contributed by atoms with E-state index in [-0.39, 0.29) is 0 Å². The smallest absolute Gasteiger partial charge is 0.0729 e. The highest BCUT2D eigenvalue weighted by atomic mass is 15.1. The molecule has 0 N–H and O–H groups in total. The van der Waals surface area contributed by atoms with Gasteiger partial charge in [0.1, 0.15) is 0 Å². The second-order valence-electron chi connectivity index (χ2n) is 17.9.